The number of amides is 4. The smallest absolute Gasteiger partial charge is 0.326 e. The van der Waals surface area contributed by atoms with Gasteiger partial charge in [-0.1, -0.05) is 61.1 Å². The van der Waals surface area contributed by atoms with Crippen LogP contribution in [0.1, 0.15) is 77.0 Å². The third-order valence-electron chi connectivity index (χ3n) is 6.27. The van der Waals surface area contributed by atoms with Crippen molar-refractivity contribution in [3.63, 3.8) is 0 Å². The Balaban J connectivity index is 3.72. The van der Waals surface area contributed by atoms with E-state index >= 15 is 0 Å². The molecule has 0 aromatic carbocycles. The van der Waals surface area contributed by atoms with Crippen LogP contribution in [0.3, 0.4) is 0 Å². The maximum atomic E-state index is 12.1. The summed E-state index contributed by atoms with van der Waals surface area (Å²) in [6, 6.07) is -1.15. The number of alkyl halides is 1. The van der Waals surface area contributed by atoms with Crippen LogP contribution < -0.4 is 21.3 Å². The highest BCUT2D eigenvalue weighted by Gasteiger charge is 2.20. The highest BCUT2D eigenvalue weighted by atomic mass is 127. The molecule has 0 saturated carbocycles. The lowest BCUT2D eigenvalue weighted by Crippen LogP contribution is -2.41. The van der Waals surface area contributed by atoms with Crippen molar-refractivity contribution >= 4 is 58.2 Å². The Morgan fingerprint density at radius 3 is 1.60 bits per heavy atom. The van der Waals surface area contributed by atoms with Crippen LogP contribution in [0.25, 0.3) is 0 Å². The van der Waals surface area contributed by atoms with E-state index in [-0.39, 0.29) is 82.3 Å². The van der Waals surface area contributed by atoms with E-state index in [1.807, 2.05) is 22.6 Å². The van der Waals surface area contributed by atoms with Gasteiger partial charge in [-0.15, -0.1) is 0 Å². The second-order valence-corrected chi connectivity index (χ2v) is 10.9. The van der Waals surface area contributed by atoms with Gasteiger partial charge in [0, 0.05) is 38.9 Å². The lowest BCUT2D eigenvalue weighted by molar-refractivity contribution is -0.142. The molecule has 0 fully saturated rings. The molecule has 0 heterocycles. The van der Waals surface area contributed by atoms with E-state index in [0.29, 0.717) is 43.6 Å². The molecular formula is C29H51IN4O11. The van der Waals surface area contributed by atoms with Gasteiger partial charge in [0.15, 0.2) is 0 Å². The number of hydrogen-bond donors (Lipinski definition) is 6. The lowest BCUT2D eigenvalue weighted by Gasteiger charge is -2.14. The molecule has 0 aromatic rings. The molecule has 6 N–H and O–H groups in total. The van der Waals surface area contributed by atoms with Crippen LogP contribution >= 0.6 is 22.6 Å². The standard InChI is InChI=1S/C29H51IN4O11/c30-21-26(37)32-14-16-43-17-15-33-27(38)22-45-20-19-44-18-13-31-24(35)12-11-23(29(41)42)34-25(36)9-7-5-3-1-2-4-6-8-10-28(39)40/h23H,1-22H2,(H,31,35)(H,32,37)(H,33,38)(H,34,36)(H,39,40)(H,41,42)/t23-/m0/s1. The van der Waals surface area contributed by atoms with Crippen LogP contribution in [0.15, 0.2) is 0 Å². The molecule has 260 valence electrons. The van der Waals surface area contributed by atoms with Gasteiger partial charge in [-0.05, 0) is 19.3 Å². The van der Waals surface area contributed by atoms with E-state index in [9.17, 15) is 33.9 Å². The molecule has 1 atom stereocenters. The van der Waals surface area contributed by atoms with Gasteiger partial charge in [0.1, 0.15) is 12.6 Å². The molecule has 0 saturated heterocycles. The van der Waals surface area contributed by atoms with Gasteiger partial charge in [0.2, 0.25) is 23.6 Å². The first-order chi connectivity index (χ1) is 21.6. The number of carboxylic acid groups (broad SMARTS) is 2. The van der Waals surface area contributed by atoms with Gasteiger partial charge in [-0.3, -0.25) is 24.0 Å². The monoisotopic (exact) mass is 758 g/mol. The summed E-state index contributed by atoms with van der Waals surface area (Å²) in [7, 11) is 0. The van der Waals surface area contributed by atoms with Crippen LogP contribution in [-0.4, -0.2) is 116 Å². The van der Waals surface area contributed by atoms with Gasteiger partial charge < -0.3 is 45.7 Å². The molecular weight excluding hydrogens is 707 g/mol. The summed E-state index contributed by atoms with van der Waals surface area (Å²) in [6.45, 7) is 2.10. The number of carbonyl (C=O) groups is 6. The molecule has 0 aromatic heterocycles. The van der Waals surface area contributed by atoms with Crippen molar-refractivity contribution in [2.45, 2.75) is 83.1 Å². The zero-order chi connectivity index (χ0) is 33.5. The van der Waals surface area contributed by atoms with Crippen molar-refractivity contribution in [2.24, 2.45) is 0 Å². The van der Waals surface area contributed by atoms with E-state index in [0.717, 1.165) is 38.5 Å². The molecule has 0 aliphatic rings. The molecule has 0 radical (unpaired) electrons. The molecule has 15 nitrogen and oxygen atoms in total. The molecule has 45 heavy (non-hydrogen) atoms. The predicted octanol–water partition coefficient (Wildman–Crippen LogP) is 1.16. The highest BCUT2D eigenvalue weighted by Crippen LogP contribution is 2.11. The van der Waals surface area contributed by atoms with Crippen LogP contribution in [0, 0.1) is 0 Å². The zero-order valence-electron chi connectivity index (χ0n) is 26.1. The van der Waals surface area contributed by atoms with Crippen molar-refractivity contribution in [1.82, 2.24) is 21.3 Å². The minimum Gasteiger partial charge on any atom is -0.481 e. The molecule has 0 rings (SSSR count). The Labute approximate surface area is 278 Å². The Kier molecular flexibility index (Phi) is 28.4. The SMILES string of the molecule is O=C(O)CCCCCCCCCCC(=O)N[C@@H](CCC(=O)NCCOCCOCC(=O)NCCOCCNC(=O)CI)C(=O)O. The summed E-state index contributed by atoms with van der Waals surface area (Å²) in [6.07, 6.45) is 7.42. The molecule has 4 amide bonds. The summed E-state index contributed by atoms with van der Waals surface area (Å²) in [5.74, 6) is -3.03. The average molecular weight is 759 g/mol. The van der Waals surface area contributed by atoms with Crippen molar-refractivity contribution in [2.75, 3.05) is 63.7 Å². The Morgan fingerprint density at radius 2 is 1.04 bits per heavy atom. The Bertz CT molecular complexity index is 864. The lowest BCUT2D eigenvalue weighted by atomic mass is 10.1. The third kappa shape index (κ3) is 29.9. The minimum atomic E-state index is -1.20. The first kappa shape index (κ1) is 42.4. The number of carbonyl (C=O) groups excluding carboxylic acids is 4. The van der Waals surface area contributed by atoms with Crippen molar-refractivity contribution in [3.8, 4) is 0 Å². The van der Waals surface area contributed by atoms with E-state index in [1.165, 1.54) is 0 Å². The van der Waals surface area contributed by atoms with Gasteiger partial charge in [0.05, 0.1) is 37.5 Å². The van der Waals surface area contributed by atoms with Crippen LogP contribution in [-0.2, 0) is 43.0 Å². The number of nitrogens with one attached hydrogen (secondary N) is 4. The van der Waals surface area contributed by atoms with Gasteiger partial charge in [-0.2, -0.15) is 0 Å². The number of ether oxygens (including phenoxy) is 3. The van der Waals surface area contributed by atoms with Crippen LogP contribution in [0.2, 0.25) is 0 Å². The highest BCUT2D eigenvalue weighted by molar-refractivity contribution is 14.1. The molecule has 0 bridgehead atoms. The minimum absolute atomic E-state index is 0.0331. The Hall–Kier alpha value is -2.57. The summed E-state index contributed by atoms with van der Waals surface area (Å²) < 4.78 is 16.2. The van der Waals surface area contributed by atoms with Crippen LogP contribution in [0.4, 0.5) is 0 Å². The summed E-state index contributed by atoms with van der Waals surface area (Å²) in [5, 5.41) is 28.4. The van der Waals surface area contributed by atoms with Gasteiger partial charge in [0.25, 0.3) is 0 Å². The van der Waals surface area contributed by atoms with Crippen molar-refractivity contribution in [3.05, 3.63) is 0 Å². The second kappa shape index (κ2) is 30.1. The third-order valence-corrected chi connectivity index (χ3v) is 6.96. The number of rotatable bonds is 31. The number of carboxylic acids is 2. The number of unbranched alkanes of at least 4 members (excludes halogenated alkanes) is 7. The van der Waals surface area contributed by atoms with Crippen LogP contribution in [0.5, 0.6) is 0 Å². The van der Waals surface area contributed by atoms with E-state index < -0.39 is 18.0 Å². The summed E-state index contributed by atoms with van der Waals surface area (Å²) >= 11 is 1.97. The van der Waals surface area contributed by atoms with Crippen molar-refractivity contribution in [1.29, 1.82) is 0 Å². The quantitative estimate of drug-likeness (QED) is 0.0335. The van der Waals surface area contributed by atoms with Crippen molar-refractivity contribution < 1.29 is 53.2 Å². The molecule has 0 aliphatic carbocycles. The second-order valence-electron chi connectivity index (χ2n) is 10.2. The van der Waals surface area contributed by atoms with Gasteiger partial charge >= 0.3 is 11.9 Å². The maximum Gasteiger partial charge on any atom is 0.326 e. The fourth-order valence-corrected chi connectivity index (χ4v) is 4.15. The first-order valence-corrected chi connectivity index (χ1v) is 17.0. The van der Waals surface area contributed by atoms with E-state index in [2.05, 4.69) is 21.3 Å². The summed E-state index contributed by atoms with van der Waals surface area (Å²) in [4.78, 5) is 69.0. The fraction of sp³-hybridized carbons (Fsp3) is 0.793. The van der Waals surface area contributed by atoms with E-state index in [4.69, 9.17) is 19.3 Å². The molecule has 0 spiro atoms. The predicted molar refractivity (Wildman–Crippen MR) is 173 cm³/mol. The molecule has 0 unspecified atom stereocenters. The normalized spacial score (nSPS) is 11.4. The zero-order valence-corrected chi connectivity index (χ0v) is 28.2. The number of halogens is 1. The topological polar surface area (TPSA) is 219 Å². The van der Waals surface area contributed by atoms with Gasteiger partial charge in [-0.25, -0.2) is 4.79 Å². The Morgan fingerprint density at radius 1 is 0.556 bits per heavy atom. The largest absolute Gasteiger partial charge is 0.481 e. The van der Waals surface area contributed by atoms with E-state index in [1.54, 1.807) is 0 Å². The molecule has 0 aliphatic heterocycles. The first-order valence-electron chi connectivity index (χ1n) is 15.5. The maximum absolute atomic E-state index is 12.1. The summed E-state index contributed by atoms with van der Waals surface area (Å²) in [5.41, 5.74) is 0. The molecule has 16 heteroatoms. The average Bonchev–Trinajstić information content (AvgIpc) is 3.00. The number of aliphatic carboxylic acids is 2. The fourth-order valence-electron chi connectivity index (χ4n) is 3.88. The number of hydrogen-bond acceptors (Lipinski definition) is 9.